The van der Waals surface area contributed by atoms with Crippen molar-refractivity contribution in [3.63, 3.8) is 0 Å². The maximum atomic E-state index is 11.3. The van der Waals surface area contributed by atoms with E-state index in [1.165, 1.54) is 19.4 Å². The van der Waals surface area contributed by atoms with E-state index in [-0.39, 0.29) is 12.5 Å². The number of amides is 1. The maximum Gasteiger partial charge on any atom is 0.241 e. The highest BCUT2D eigenvalue weighted by atomic mass is 16.1. The third-order valence-corrected chi connectivity index (χ3v) is 3.54. The van der Waals surface area contributed by atoms with Crippen LogP contribution in [0.4, 0.5) is 5.69 Å². The maximum absolute atomic E-state index is 11.3. The SMILES string of the molecule is CNC(=O)Cn1cc(NC2CCCN(C)CC2)cn1. The molecule has 1 aromatic heterocycles. The van der Waals surface area contributed by atoms with Crippen LogP contribution in [0.2, 0.25) is 0 Å². The number of hydrogen-bond donors (Lipinski definition) is 2. The molecule has 2 rings (SSSR count). The van der Waals surface area contributed by atoms with Crippen LogP contribution < -0.4 is 10.6 Å². The normalized spacial score (nSPS) is 20.8. The van der Waals surface area contributed by atoms with Gasteiger partial charge < -0.3 is 15.5 Å². The van der Waals surface area contributed by atoms with E-state index in [9.17, 15) is 4.79 Å². The van der Waals surface area contributed by atoms with Crippen LogP contribution in [0.1, 0.15) is 19.3 Å². The van der Waals surface area contributed by atoms with Gasteiger partial charge in [-0.2, -0.15) is 5.10 Å². The van der Waals surface area contributed by atoms with Crippen LogP contribution in [-0.2, 0) is 11.3 Å². The fraction of sp³-hybridized carbons (Fsp3) is 0.692. The van der Waals surface area contributed by atoms with Crippen molar-refractivity contribution in [2.24, 2.45) is 0 Å². The van der Waals surface area contributed by atoms with Gasteiger partial charge in [0.25, 0.3) is 0 Å². The minimum Gasteiger partial charge on any atom is -0.380 e. The van der Waals surface area contributed by atoms with Gasteiger partial charge in [0.15, 0.2) is 0 Å². The summed E-state index contributed by atoms with van der Waals surface area (Å²) in [5, 5.41) is 10.3. The van der Waals surface area contributed by atoms with Gasteiger partial charge in [-0.3, -0.25) is 9.48 Å². The van der Waals surface area contributed by atoms with Crippen molar-refractivity contribution in [2.75, 3.05) is 32.5 Å². The number of likely N-dealkylation sites (tertiary alicyclic amines) is 1. The monoisotopic (exact) mass is 265 g/mol. The third kappa shape index (κ3) is 4.24. The molecule has 2 heterocycles. The van der Waals surface area contributed by atoms with Crippen molar-refractivity contribution in [1.29, 1.82) is 0 Å². The summed E-state index contributed by atoms with van der Waals surface area (Å²) < 4.78 is 1.66. The molecule has 1 aliphatic rings. The molecular formula is C13H23N5O. The molecule has 1 saturated heterocycles. The van der Waals surface area contributed by atoms with E-state index in [0.29, 0.717) is 6.04 Å². The van der Waals surface area contributed by atoms with Crippen molar-refractivity contribution < 1.29 is 4.79 Å². The Labute approximate surface area is 114 Å². The minimum atomic E-state index is -0.0364. The first-order chi connectivity index (χ1) is 9.17. The predicted octanol–water partition coefficient (Wildman–Crippen LogP) is 0.525. The average molecular weight is 265 g/mol. The Hall–Kier alpha value is -1.56. The number of hydrogen-bond acceptors (Lipinski definition) is 4. The van der Waals surface area contributed by atoms with Gasteiger partial charge >= 0.3 is 0 Å². The fourth-order valence-electron chi connectivity index (χ4n) is 2.37. The second-order valence-corrected chi connectivity index (χ2v) is 5.18. The van der Waals surface area contributed by atoms with Gasteiger partial charge in [0.05, 0.1) is 11.9 Å². The molecule has 1 unspecified atom stereocenters. The van der Waals surface area contributed by atoms with Crippen molar-refractivity contribution in [1.82, 2.24) is 20.0 Å². The molecule has 1 aliphatic heterocycles. The zero-order valence-electron chi connectivity index (χ0n) is 11.7. The molecule has 0 aromatic carbocycles. The summed E-state index contributed by atoms with van der Waals surface area (Å²) in [4.78, 5) is 13.6. The van der Waals surface area contributed by atoms with Gasteiger partial charge in [-0.1, -0.05) is 0 Å². The summed E-state index contributed by atoms with van der Waals surface area (Å²) in [7, 11) is 3.80. The minimum absolute atomic E-state index is 0.0364. The average Bonchev–Trinajstić information content (AvgIpc) is 2.72. The number of anilines is 1. The Morgan fingerprint density at radius 1 is 1.47 bits per heavy atom. The second kappa shape index (κ2) is 6.56. The lowest BCUT2D eigenvalue weighted by molar-refractivity contribution is -0.121. The molecule has 0 radical (unpaired) electrons. The highest BCUT2D eigenvalue weighted by Gasteiger charge is 2.15. The van der Waals surface area contributed by atoms with Crippen molar-refractivity contribution >= 4 is 11.6 Å². The molecule has 6 nitrogen and oxygen atoms in total. The van der Waals surface area contributed by atoms with E-state index >= 15 is 0 Å². The van der Waals surface area contributed by atoms with Crippen LogP contribution in [0, 0.1) is 0 Å². The van der Waals surface area contributed by atoms with E-state index in [0.717, 1.165) is 18.7 Å². The molecule has 0 spiro atoms. The third-order valence-electron chi connectivity index (χ3n) is 3.54. The van der Waals surface area contributed by atoms with E-state index in [1.54, 1.807) is 17.9 Å². The summed E-state index contributed by atoms with van der Waals surface area (Å²) in [6, 6.07) is 0.502. The summed E-state index contributed by atoms with van der Waals surface area (Å²) >= 11 is 0. The van der Waals surface area contributed by atoms with Crippen molar-refractivity contribution in [3.8, 4) is 0 Å². The standard InChI is InChI=1S/C13H23N5O/c1-14-13(19)10-18-9-12(8-15-18)16-11-4-3-6-17(2)7-5-11/h8-9,11,16H,3-7,10H2,1-2H3,(H,14,19). The van der Waals surface area contributed by atoms with Gasteiger partial charge in [0, 0.05) is 19.3 Å². The Morgan fingerprint density at radius 2 is 2.32 bits per heavy atom. The number of carbonyl (C=O) groups is 1. The van der Waals surface area contributed by atoms with E-state index < -0.39 is 0 Å². The first kappa shape index (κ1) is 13.9. The lowest BCUT2D eigenvalue weighted by atomic mass is 10.1. The molecule has 0 aliphatic carbocycles. The second-order valence-electron chi connectivity index (χ2n) is 5.18. The summed E-state index contributed by atoms with van der Waals surface area (Å²) in [6.45, 7) is 2.57. The molecular weight excluding hydrogens is 242 g/mol. The molecule has 1 atom stereocenters. The Bertz CT molecular complexity index is 417. The van der Waals surface area contributed by atoms with Gasteiger partial charge in [-0.25, -0.2) is 0 Å². The van der Waals surface area contributed by atoms with Crippen molar-refractivity contribution in [3.05, 3.63) is 12.4 Å². The predicted molar refractivity (Wildman–Crippen MR) is 75.1 cm³/mol. The highest BCUT2D eigenvalue weighted by molar-refractivity contribution is 5.75. The zero-order valence-corrected chi connectivity index (χ0v) is 11.7. The number of nitrogens with zero attached hydrogens (tertiary/aromatic N) is 3. The van der Waals surface area contributed by atoms with E-state index in [1.807, 2.05) is 6.20 Å². The molecule has 0 bridgehead atoms. The Morgan fingerprint density at radius 3 is 3.11 bits per heavy atom. The van der Waals surface area contributed by atoms with Crippen LogP contribution in [0.25, 0.3) is 0 Å². The fourth-order valence-corrected chi connectivity index (χ4v) is 2.37. The molecule has 1 fully saturated rings. The summed E-state index contributed by atoms with van der Waals surface area (Å²) in [6.07, 6.45) is 7.24. The van der Waals surface area contributed by atoms with Gasteiger partial charge in [-0.05, 0) is 39.4 Å². The van der Waals surface area contributed by atoms with Crippen LogP contribution in [0.3, 0.4) is 0 Å². The lowest BCUT2D eigenvalue weighted by Crippen LogP contribution is -2.24. The summed E-state index contributed by atoms with van der Waals surface area (Å²) in [5.41, 5.74) is 0.999. The molecule has 1 aromatic rings. The smallest absolute Gasteiger partial charge is 0.241 e. The molecule has 106 valence electrons. The highest BCUT2D eigenvalue weighted by Crippen LogP contribution is 2.15. The first-order valence-corrected chi connectivity index (χ1v) is 6.85. The van der Waals surface area contributed by atoms with E-state index in [4.69, 9.17) is 0 Å². The number of rotatable bonds is 4. The Balaban J connectivity index is 1.87. The topological polar surface area (TPSA) is 62.2 Å². The van der Waals surface area contributed by atoms with Crippen LogP contribution in [-0.4, -0.2) is 53.8 Å². The quantitative estimate of drug-likeness (QED) is 0.833. The largest absolute Gasteiger partial charge is 0.380 e. The Kier molecular flexibility index (Phi) is 4.79. The van der Waals surface area contributed by atoms with Gasteiger partial charge in [0.2, 0.25) is 5.91 Å². The molecule has 6 heteroatoms. The van der Waals surface area contributed by atoms with Gasteiger partial charge in [0.1, 0.15) is 6.54 Å². The van der Waals surface area contributed by atoms with Crippen molar-refractivity contribution in [2.45, 2.75) is 31.8 Å². The number of likely N-dealkylation sites (N-methyl/N-ethyl adjacent to an activating group) is 1. The molecule has 1 amide bonds. The number of carbonyl (C=O) groups excluding carboxylic acids is 1. The molecule has 19 heavy (non-hydrogen) atoms. The number of aromatic nitrogens is 2. The van der Waals surface area contributed by atoms with Crippen LogP contribution in [0.5, 0.6) is 0 Å². The molecule has 2 N–H and O–H groups in total. The first-order valence-electron chi connectivity index (χ1n) is 6.85. The number of nitrogens with one attached hydrogen (secondary N) is 2. The van der Waals surface area contributed by atoms with E-state index in [2.05, 4.69) is 27.7 Å². The lowest BCUT2D eigenvalue weighted by Gasteiger charge is -2.16. The van der Waals surface area contributed by atoms with Crippen LogP contribution in [0.15, 0.2) is 12.4 Å². The van der Waals surface area contributed by atoms with Crippen LogP contribution >= 0.6 is 0 Å². The summed E-state index contributed by atoms with van der Waals surface area (Å²) in [5.74, 6) is -0.0364. The zero-order chi connectivity index (χ0) is 13.7. The molecule has 0 saturated carbocycles. The van der Waals surface area contributed by atoms with Gasteiger partial charge in [-0.15, -0.1) is 0 Å².